The van der Waals surface area contributed by atoms with Gasteiger partial charge >= 0.3 is 6.09 Å². The second kappa shape index (κ2) is 8.20. The predicted molar refractivity (Wildman–Crippen MR) is 127 cm³/mol. The average Bonchev–Trinajstić information content (AvgIpc) is 3.39. The number of hydrogen-bond donors (Lipinski definition) is 0. The van der Waals surface area contributed by atoms with Crippen molar-refractivity contribution in [1.29, 1.82) is 0 Å². The SMILES string of the molecule is Cc1cc(-n2c(C(C)C)cc3cc4c(cnn4C(=O)OCc4ccccc4)cc32)ccc1F. The van der Waals surface area contributed by atoms with Gasteiger partial charge in [-0.05, 0) is 60.4 Å². The van der Waals surface area contributed by atoms with Gasteiger partial charge in [-0.2, -0.15) is 9.78 Å². The molecule has 0 bridgehead atoms. The molecule has 0 spiro atoms. The lowest BCUT2D eigenvalue weighted by Gasteiger charge is -2.14. The van der Waals surface area contributed by atoms with Crippen molar-refractivity contribution >= 4 is 27.9 Å². The van der Waals surface area contributed by atoms with Crippen LogP contribution in [0.25, 0.3) is 27.5 Å². The molecule has 0 saturated heterocycles. The lowest BCUT2D eigenvalue weighted by atomic mass is 10.1. The molecule has 0 radical (unpaired) electrons. The summed E-state index contributed by atoms with van der Waals surface area (Å²) in [5, 5.41) is 6.08. The van der Waals surface area contributed by atoms with E-state index in [1.54, 1.807) is 19.2 Å². The van der Waals surface area contributed by atoms with Crippen LogP contribution in [0.5, 0.6) is 0 Å². The van der Waals surface area contributed by atoms with E-state index in [1.165, 1.54) is 10.7 Å². The van der Waals surface area contributed by atoms with E-state index < -0.39 is 6.09 Å². The van der Waals surface area contributed by atoms with Crippen LogP contribution in [0.2, 0.25) is 0 Å². The summed E-state index contributed by atoms with van der Waals surface area (Å²) in [5.74, 6) is 0.0252. The second-order valence-corrected chi connectivity index (χ2v) is 8.56. The molecule has 0 aliphatic carbocycles. The topological polar surface area (TPSA) is 49.0 Å². The van der Waals surface area contributed by atoms with E-state index in [9.17, 15) is 9.18 Å². The zero-order valence-corrected chi connectivity index (χ0v) is 18.7. The van der Waals surface area contributed by atoms with E-state index in [2.05, 4.69) is 29.6 Å². The molecule has 166 valence electrons. The van der Waals surface area contributed by atoms with Gasteiger partial charge in [-0.3, -0.25) is 0 Å². The number of aromatic nitrogens is 3. The molecule has 0 atom stereocenters. The van der Waals surface area contributed by atoms with Crippen molar-refractivity contribution in [2.24, 2.45) is 0 Å². The summed E-state index contributed by atoms with van der Waals surface area (Å²) in [6.07, 6.45) is 1.15. The van der Waals surface area contributed by atoms with Crippen molar-refractivity contribution in [2.45, 2.75) is 33.3 Å². The lowest BCUT2D eigenvalue weighted by Crippen LogP contribution is -2.14. The van der Waals surface area contributed by atoms with Gasteiger partial charge < -0.3 is 9.30 Å². The van der Waals surface area contributed by atoms with Gasteiger partial charge in [0.15, 0.2) is 0 Å². The summed E-state index contributed by atoms with van der Waals surface area (Å²) in [5.41, 5.74) is 5.19. The number of fused-ring (bicyclic) bond motifs is 2. The zero-order chi connectivity index (χ0) is 23.1. The third-order valence-corrected chi connectivity index (χ3v) is 5.89. The number of halogens is 1. The number of rotatable bonds is 4. The molecule has 0 aliphatic heterocycles. The van der Waals surface area contributed by atoms with Crippen LogP contribution in [0.3, 0.4) is 0 Å². The molecule has 3 aromatic carbocycles. The van der Waals surface area contributed by atoms with E-state index in [4.69, 9.17) is 4.74 Å². The fourth-order valence-corrected chi connectivity index (χ4v) is 4.16. The Labute approximate surface area is 191 Å². The molecule has 0 N–H and O–H groups in total. The third-order valence-electron chi connectivity index (χ3n) is 5.89. The van der Waals surface area contributed by atoms with E-state index in [1.807, 2.05) is 48.5 Å². The standard InChI is InChI=1S/C27H24FN3O2/c1-17(2)24-12-20-13-26-21(14-25(20)30(24)22-9-10-23(28)18(3)11-22)15-29-31(26)27(32)33-16-19-7-5-4-6-8-19/h4-15,17H,16H2,1-3H3. The predicted octanol–water partition coefficient (Wildman–Crippen LogP) is 6.74. The molecular weight excluding hydrogens is 417 g/mol. The maximum absolute atomic E-state index is 13.9. The number of carbonyl (C=O) groups excluding carboxylic acids is 1. The number of ether oxygens (including phenoxy) is 1. The zero-order valence-electron chi connectivity index (χ0n) is 18.7. The van der Waals surface area contributed by atoms with Crippen molar-refractivity contribution < 1.29 is 13.9 Å². The first-order valence-electron chi connectivity index (χ1n) is 10.9. The quantitative estimate of drug-likeness (QED) is 0.310. The Morgan fingerprint density at radius 3 is 2.48 bits per heavy atom. The summed E-state index contributed by atoms with van der Waals surface area (Å²) in [6.45, 7) is 6.21. The molecule has 5 aromatic rings. The van der Waals surface area contributed by atoms with Crippen molar-refractivity contribution in [2.75, 3.05) is 0 Å². The van der Waals surface area contributed by atoms with E-state index in [-0.39, 0.29) is 18.3 Å². The van der Waals surface area contributed by atoms with Crippen LogP contribution in [0, 0.1) is 12.7 Å². The van der Waals surface area contributed by atoms with Gasteiger partial charge in [0, 0.05) is 22.2 Å². The highest BCUT2D eigenvalue weighted by Crippen LogP contribution is 2.32. The molecule has 0 amide bonds. The molecular formula is C27H24FN3O2. The molecule has 5 rings (SSSR count). The summed E-state index contributed by atoms with van der Waals surface area (Å²) in [4.78, 5) is 12.7. The number of aryl methyl sites for hydroxylation is 1. The van der Waals surface area contributed by atoms with Crippen LogP contribution in [-0.4, -0.2) is 20.4 Å². The number of hydrogen-bond acceptors (Lipinski definition) is 3. The minimum atomic E-state index is -0.522. The minimum Gasteiger partial charge on any atom is -0.443 e. The number of benzene rings is 3. The molecule has 2 heterocycles. The molecule has 0 saturated carbocycles. The van der Waals surface area contributed by atoms with Crippen LogP contribution >= 0.6 is 0 Å². The maximum atomic E-state index is 13.9. The van der Waals surface area contributed by atoms with Gasteiger partial charge in [-0.25, -0.2) is 9.18 Å². The van der Waals surface area contributed by atoms with Gasteiger partial charge in [0.25, 0.3) is 0 Å². The number of nitrogens with zero attached hydrogens (tertiary/aromatic N) is 3. The van der Waals surface area contributed by atoms with Crippen molar-refractivity contribution in [1.82, 2.24) is 14.3 Å². The smallest absolute Gasteiger partial charge is 0.435 e. The molecule has 0 aliphatic rings. The van der Waals surface area contributed by atoms with E-state index in [0.717, 1.165) is 33.2 Å². The van der Waals surface area contributed by atoms with Crippen LogP contribution in [-0.2, 0) is 11.3 Å². The van der Waals surface area contributed by atoms with Crippen molar-refractivity contribution in [3.63, 3.8) is 0 Å². The Morgan fingerprint density at radius 1 is 1.00 bits per heavy atom. The first kappa shape index (κ1) is 20.9. The van der Waals surface area contributed by atoms with Gasteiger partial charge in [0.1, 0.15) is 12.4 Å². The maximum Gasteiger partial charge on any atom is 0.435 e. The van der Waals surface area contributed by atoms with Crippen LogP contribution in [0.1, 0.15) is 36.6 Å². The van der Waals surface area contributed by atoms with E-state index >= 15 is 0 Å². The highest BCUT2D eigenvalue weighted by Gasteiger charge is 2.18. The fourth-order valence-electron chi connectivity index (χ4n) is 4.16. The summed E-state index contributed by atoms with van der Waals surface area (Å²) in [6, 6.07) is 20.8. The molecule has 2 aromatic heterocycles. The average molecular weight is 442 g/mol. The summed E-state index contributed by atoms with van der Waals surface area (Å²) < 4.78 is 22.8. The summed E-state index contributed by atoms with van der Waals surface area (Å²) in [7, 11) is 0. The normalized spacial score (nSPS) is 11.5. The Balaban J connectivity index is 1.58. The monoisotopic (exact) mass is 441 g/mol. The highest BCUT2D eigenvalue weighted by molar-refractivity contribution is 5.99. The highest BCUT2D eigenvalue weighted by atomic mass is 19.1. The van der Waals surface area contributed by atoms with Crippen LogP contribution in [0.4, 0.5) is 9.18 Å². The molecule has 5 nitrogen and oxygen atoms in total. The lowest BCUT2D eigenvalue weighted by molar-refractivity contribution is 0.139. The van der Waals surface area contributed by atoms with E-state index in [0.29, 0.717) is 11.1 Å². The number of carbonyl (C=O) groups is 1. The molecule has 33 heavy (non-hydrogen) atoms. The first-order valence-corrected chi connectivity index (χ1v) is 10.9. The Hall–Kier alpha value is -3.93. The van der Waals surface area contributed by atoms with Gasteiger partial charge in [-0.1, -0.05) is 44.2 Å². The first-order chi connectivity index (χ1) is 15.9. The van der Waals surface area contributed by atoms with Crippen molar-refractivity contribution in [3.05, 3.63) is 95.6 Å². The molecule has 0 unspecified atom stereocenters. The third kappa shape index (κ3) is 3.78. The van der Waals surface area contributed by atoms with Gasteiger partial charge in [0.2, 0.25) is 0 Å². The fraction of sp³-hybridized carbons (Fsp3) is 0.185. The van der Waals surface area contributed by atoms with Gasteiger partial charge in [0.05, 0.1) is 17.2 Å². The minimum absolute atomic E-state index is 0.182. The molecule has 0 fully saturated rings. The van der Waals surface area contributed by atoms with Crippen LogP contribution in [0.15, 0.2) is 72.9 Å². The Morgan fingerprint density at radius 2 is 1.76 bits per heavy atom. The second-order valence-electron chi connectivity index (χ2n) is 8.56. The van der Waals surface area contributed by atoms with Crippen molar-refractivity contribution in [3.8, 4) is 5.69 Å². The molecule has 6 heteroatoms. The van der Waals surface area contributed by atoms with Crippen LogP contribution < -0.4 is 0 Å². The summed E-state index contributed by atoms with van der Waals surface area (Å²) >= 11 is 0. The Bertz CT molecular complexity index is 1480. The van der Waals surface area contributed by atoms with Gasteiger partial charge in [-0.15, -0.1) is 0 Å². The largest absolute Gasteiger partial charge is 0.443 e. The Kier molecular flexibility index (Phi) is 5.21.